The number of amides is 2. The minimum absolute atomic E-state index is 0.0455. The van der Waals surface area contributed by atoms with Crippen LogP contribution >= 0.6 is 11.3 Å². The van der Waals surface area contributed by atoms with Gasteiger partial charge in [0.1, 0.15) is 5.01 Å². The minimum Gasteiger partial charge on any atom is -0.353 e. The molecule has 2 unspecified atom stereocenters. The van der Waals surface area contributed by atoms with Crippen LogP contribution in [0.1, 0.15) is 11.0 Å². The van der Waals surface area contributed by atoms with E-state index in [2.05, 4.69) is 15.3 Å². The molecule has 0 fully saturated rings. The number of nitrogens with zero attached hydrogens (tertiary/aromatic N) is 2. The number of carbonyl (C=O) groups excluding carboxylic acids is 2. The lowest BCUT2D eigenvalue weighted by Gasteiger charge is -2.16. The fourth-order valence-corrected chi connectivity index (χ4v) is 3.97. The number of carbonyl (C=O) groups is 2. The Bertz CT molecular complexity index is 1120. The second-order valence-corrected chi connectivity index (χ2v) is 8.45. The van der Waals surface area contributed by atoms with Crippen LogP contribution < -0.4 is 15.8 Å². The summed E-state index contributed by atoms with van der Waals surface area (Å²) in [6, 6.07) is 6.38. The molecule has 0 radical (unpaired) electrons. The monoisotopic (exact) mass is 471 g/mol. The molecule has 0 saturated heterocycles. The third-order valence-electron chi connectivity index (χ3n) is 4.06. The molecule has 3 rings (SSSR count). The molecule has 2 atom stereocenters. The molecule has 0 bridgehead atoms. The van der Waals surface area contributed by atoms with Gasteiger partial charge >= 0.3 is 6.43 Å². The number of aromatic nitrogens is 2. The molecule has 3 aromatic rings. The SMILES string of the molecule is NS(=O)CCNC(=O)C(NC(=O)C(F)F)c1nc2ccc(-c3ccc(F)nc3)cc2s1. The third kappa shape index (κ3) is 5.83. The summed E-state index contributed by atoms with van der Waals surface area (Å²) in [6.07, 6.45) is -1.96. The van der Waals surface area contributed by atoms with Crippen molar-refractivity contribution in [1.29, 1.82) is 0 Å². The van der Waals surface area contributed by atoms with Crippen molar-refractivity contribution in [2.24, 2.45) is 5.14 Å². The van der Waals surface area contributed by atoms with Crippen LogP contribution in [-0.2, 0) is 20.6 Å². The number of fused-ring (bicyclic) bond motifs is 1. The van der Waals surface area contributed by atoms with Crippen molar-refractivity contribution in [3.63, 3.8) is 0 Å². The van der Waals surface area contributed by atoms with Gasteiger partial charge in [-0.1, -0.05) is 6.07 Å². The van der Waals surface area contributed by atoms with Crippen LogP contribution in [0, 0.1) is 5.95 Å². The number of alkyl halides is 2. The summed E-state index contributed by atoms with van der Waals surface area (Å²) in [5.74, 6) is -3.08. The molecule has 2 aromatic heterocycles. The highest BCUT2D eigenvalue weighted by Gasteiger charge is 2.29. The van der Waals surface area contributed by atoms with Gasteiger partial charge in [-0.3, -0.25) is 14.7 Å². The largest absolute Gasteiger partial charge is 0.353 e. The lowest BCUT2D eigenvalue weighted by Crippen LogP contribution is -2.43. The molecular formula is C18H16F3N5O3S2. The maximum atomic E-state index is 13.0. The third-order valence-corrected chi connectivity index (χ3v) is 5.75. The average molecular weight is 471 g/mol. The molecule has 0 saturated carbocycles. The van der Waals surface area contributed by atoms with Gasteiger partial charge in [-0.2, -0.15) is 13.2 Å². The molecule has 0 spiro atoms. The molecule has 0 aliphatic carbocycles. The van der Waals surface area contributed by atoms with Crippen LogP contribution in [0.25, 0.3) is 21.3 Å². The molecule has 0 aliphatic rings. The quantitative estimate of drug-likeness (QED) is 0.431. The maximum absolute atomic E-state index is 13.0. The molecule has 13 heteroatoms. The lowest BCUT2D eigenvalue weighted by atomic mass is 10.1. The van der Waals surface area contributed by atoms with Crippen LogP contribution in [0.4, 0.5) is 13.2 Å². The highest BCUT2D eigenvalue weighted by atomic mass is 32.2. The Morgan fingerprint density at radius 2 is 1.90 bits per heavy atom. The summed E-state index contributed by atoms with van der Waals surface area (Å²) in [6.45, 7) is -0.0738. The predicted octanol–water partition coefficient (Wildman–Crippen LogP) is 1.66. The van der Waals surface area contributed by atoms with E-state index in [1.807, 2.05) is 5.32 Å². The zero-order valence-electron chi connectivity index (χ0n) is 15.7. The van der Waals surface area contributed by atoms with Crippen molar-refractivity contribution < 1.29 is 27.0 Å². The van der Waals surface area contributed by atoms with Crippen molar-refractivity contribution in [3.05, 3.63) is 47.5 Å². The first-order valence-electron chi connectivity index (χ1n) is 8.76. The first-order valence-corrected chi connectivity index (χ1v) is 11.0. The highest BCUT2D eigenvalue weighted by Crippen LogP contribution is 2.31. The van der Waals surface area contributed by atoms with E-state index in [1.54, 1.807) is 24.3 Å². The number of rotatable bonds is 8. The van der Waals surface area contributed by atoms with Crippen LogP contribution in [0.3, 0.4) is 0 Å². The fourth-order valence-electron chi connectivity index (χ4n) is 2.61. The van der Waals surface area contributed by atoms with E-state index in [0.29, 0.717) is 21.3 Å². The Morgan fingerprint density at radius 3 is 2.55 bits per heavy atom. The Kier molecular flexibility index (Phi) is 7.30. The molecule has 1 aromatic carbocycles. The van der Waals surface area contributed by atoms with E-state index >= 15 is 0 Å². The molecule has 2 amide bonds. The number of hydrogen-bond donors (Lipinski definition) is 3. The van der Waals surface area contributed by atoms with E-state index < -0.39 is 41.2 Å². The van der Waals surface area contributed by atoms with E-state index in [0.717, 1.165) is 11.3 Å². The topological polar surface area (TPSA) is 127 Å². The second kappa shape index (κ2) is 9.94. The molecule has 4 N–H and O–H groups in total. The van der Waals surface area contributed by atoms with E-state index in [1.165, 1.54) is 12.3 Å². The Labute approximate surface area is 180 Å². The number of hydrogen-bond acceptors (Lipinski definition) is 6. The Hall–Kier alpha value is -2.90. The van der Waals surface area contributed by atoms with Gasteiger partial charge in [-0.15, -0.1) is 11.3 Å². The van der Waals surface area contributed by atoms with Crippen molar-refractivity contribution in [2.75, 3.05) is 12.3 Å². The summed E-state index contributed by atoms with van der Waals surface area (Å²) in [7, 11) is -1.66. The van der Waals surface area contributed by atoms with Crippen LogP contribution in [0.15, 0.2) is 36.5 Å². The van der Waals surface area contributed by atoms with Crippen LogP contribution in [-0.4, -0.2) is 44.7 Å². The number of pyridine rings is 1. The van der Waals surface area contributed by atoms with Gasteiger partial charge < -0.3 is 10.6 Å². The van der Waals surface area contributed by atoms with Gasteiger partial charge in [-0.05, 0) is 29.8 Å². The van der Waals surface area contributed by atoms with Gasteiger partial charge in [0.2, 0.25) is 11.9 Å². The van der Waals surface area contributed by atoms with Crippen LogP contribution in [0.2, 0.25) is 0 Å². The molecule has 8 nitrogen and oxygen atoms in total. The fraction of sp³-hybridized carbons (Fsp3) is 0.222. The van der Waals surface area contributed by atoms with Crippen molar-refractivity contribution in [2.45, 2.75) is 12.5 Å². The van der Waals surface area contributed by atoms with Crippen molar-refractivity contribution in [1.82, 2.24) is 20.6 Å². The first kappa shape index (κ1) is 22.8. The maximum Gasteiger partial charge on any atom is 0.315 e. The molecular weight excluding hydrogens is 455 g/mol. The van der Waals surface area contributed by atoms with Gasteiger partial charge in [0.15, 0.2) is 6.04 Å². The summed E-state index contributed by atoms with van der Waals surface area (Å²) < 4.78 is 50.1. The average Bonchev–Trinajstić information content (AvgIpc) is 3.14. The summed E-state index contributed by atoms with van der Waals surface area (Å²) >= 11 is 1.03. The zero-order valence-corrected chi connectivity index (χ0v) is 17.3. The summed E-state index contributed by atoms with van der Waals surface area (Å²) in [5, 5.41) is 9.58. The smallest absolute Gasteiger partial charge is 0.315 e. The van der Waals surface area contributed by atoms with Gasteiger partial charge in [0.25, 0.3) is 5.91 Å². The van der Waals surface area contributed by atoms with E-state index in [9.17, 15) is 27.0 Å². The summed E-state index contributed by atoms with van der Waals surface area (Å²) in [5.41, 5.74) is 1.83. The molecule has 2 heterocycles. The second-order valence-electron chi connectivity index (χ2n) is 6.22. The zero-order chi connectivity index (χ0) is 22.5. The highest BCUT2D eigenvalue weighted by molar-refractivity contribution is 7.82. The lowest BCUT2D eigenvalue weighted by molar-refractivity contribution is -0.136. The molecule has 0 aliphatic heterocycles. The Balaban J connectivity index is 1.90. The van der Waals surface area contributed by atoms with Crippen molar-refractivity contribution in [3.8, 4) is 11.1 Å². The predicted molar refractivity (Wildman–Crippen MR) is 110 cm³/mol. The number of halogens is 3. The van der Waals surface area contributed by atoms with Gasteiger partial charge in [0.05, 0.1) is 27.0 Å². The number of nitrogens with two attached hydrogens (primary N) is 1. The summed E-state index contributed by atoms with van der Waals surface area (Å²) in [4.78, 5) is 31.9. The van der Waals surface area contributed by atoms with Gasteiger partial charge in [-0.25, -0.2) is 14.2 Å². The number of nitrogens with one attached hydrogen (secondary N) is 2. The number of benzene rings is 1. The molecule has 31 heavy (non-hydrogen) atoms. The number of thiazole rings is 1. The van der Waals surface area contributed by atoms with Crippen LogP contribution in [0.5, 0.6) is 0 Å². The molecule has 164 valence electrons. The van der Waals surface area contributed by atoms with Gasteiger partial charge in [0, 0.05) is 18.3 Å². The van der Waals surface area contributed by atoms with Crippen molar-refractivity contribution >= 4 is 44.4 Å². The van der Waals surface area contributed by atoms with E-state index in [4.69, 9.17) is 5.14 Å². The normalized spacial score (nSPS) is 13.2. The Morgan fingerprint density at radius 1 is 1.16 bits per heavy atom. The first-order chi connectivity index (χ1) is 14.7. The van der Waals surface area contributed by atoms with E-state index in [-0.39, 0.29) is 17.3 Å². The minimum atomic E-state index is -3.32. The standard InChI is InChI=1S/C18H16F3N5O3S2/c19-13-4-2-10(8-24-13)9-1-3-11-12(7-9)30-18(25-11)14(26-17(28)15(20)21)16(27)23-5-6-31(22)29/h1-4,7-8,14-15H,5-6,22H2,(H,23,27)(H,26,28).